The van der Waals surface area contributed by atoms with Crippen molar-refractivity contribution in [3.05, 3.63) is 191 Å². The first kappa shape index (κ1) is 32.1. The van der Waals surface area contributed by atoms with Gasteiger partial charge in [-0.15, -0.1) is 0 Å². The summed E-state index contributed by atoms with van der Waals surface area (Å²) in [7, 11) is 0. The molecule has 0 bridgehead atoms. The second-order valence-electron chi connectivity index (χ2n) is 15.5. The van der Waals surface area contributed by atoms with Gasteiger partial charge in [0.05, 0.1) is 0 Å². The lowest BCUT2D eigenvalue weighted by Crippen LogP contribution is -2.19. The third kappa shape index (κ3) is 4.78. The van der Waals surface area contributed by atoms with Crippen LogP contribution in [0.3, 0.4) is 0 Å². The van der Waals surface area contributed by atoms with E-state index < -0.39 is 0 Å². The molecule has 9 rings (SSSR count). The van der Waals surface area contributed by atoms with Gasteiger partial charge in [0, 0.05) is 45.0 Å². The first-order chi connectivity index (χ1) is 25.2. The highest BCUT2D eigenvalue weighted by molar-refractivity contribution is 5.95. The highest BCUT2D eigenvalue weighted by Crippen LogP contribution is 2.60. The molecule has 0 spiro atoms. The van der Waals surface area contributed by atoms with Crippen LogP contribution in [0.4, 0.5) is 34.1 Å². The van der Waals surface area contributed by atoms with E-state index in [-0.39, 0.29) is 10.8 Å². The van der Waals surface area contributed by atoms with Crippen molar-refractivity contribution in [1.82, 2.24) is 0 Å². The quantitative estimate of drug-likeness (QED) is 0.173. The number of benzene rings is 7. The van der Waals surface area contributed by atoms with Gasteiger partial charge in [-0.2, -0.15) is 0 Å². The van der Waals surface area contributed by atoms with Crippen molar-refractivity contribution in [2.45, 2.75) is 52.4 Å². The maximum Gasteiger partial charge on any atom is 0.0467 e. The molecule has 2 aliphatic carbocycles. The summed E-state index contributed by atoms with van der Waals surface area (Å²) in [6.45, 7) is 14.4. The number of hydrogen-bond acceptors (Lipinski definition) is 2. The molecule has 7 aromatic rings. The third-order valence-electron chi connectivity index (χ3n) is 11.7. The summed E-state index contributed by atoms with van der Waals surface area (Å²) in [6, 6.07) is 57.5. The van der Waals surface area contributed by atoms with E-state index in [0.29, 0.717) is 0 Å². The maximum atomic E-state index is 2.55. The maximum absolute atomic E-state index is 2.55. The van der Waals surface area contributed by atoms with Crippen LogP contribution in [0.2, 0.25) is 0 Å². The Balaban J connectivity index is 1.19. The van der Waals surface area contributed by atoms with Crippen LogP contribution in [0.15, 0.2) is 158 Å². The Bertz CT molecular complexity index is 2380. The minimum Gasteiger partial charge on any atom is -0.310 e. The molecule has 0 N–H and O–H groups in total. The van der Waals surface area contributed by atoms with E-state index in [0.717, 1.165) is 22.7 Å². The van der Waals surface area contributed by atoms with E-state index in [4.69, 9.17) is 0 Å². The fraction of sp³-hybridized carbons (Fsp3) is 0.160. The van der Waals surface area contributed by atoms with Crippen LogP contribution in [0.25, 0.3) is 22.3 Å². The summed E-state index contributed by atoms with van der Waals surface area (Å²) in [5.41, 5.74) is 20.6. The van der Waals surface area contributed by atoms with Crippen LogP contribution in [0, 0.1) is 13.8 Å². The van der Waals surface area contributed by atoms with E-state index in [9.17, 15) is 0 Å². The Hall–Kier alpha value is -5.86. The molecule has 2 nitrogen and oxygen atoms in total. The van der Waals surface area contributed by atoms with Crippen molar-refractivity contribution in [3.8, 4) is 22.3 Å². The minimum atomic E-state index is -0.173. The van der Waals surface area contributed by atoms with Crippen molar-refractivity contribution < 1.29 is 0 Å². The lowest BCUT2D eigenvalue weighted by molar-refractivity contribution is 0.648. The number of hydrogen-bond donors (Lipinski definition) is 0. The van der Waals surface area contributed by atoms with Crippen LogP contribution in [0.1, 0.15) is 61.1 Å². The van der Waals surface area contributed by atoms with Crippen LogP contribution in [-0.2, 0) is 10.8 Å². The zero-order valence-corrected chi connectivity index (χ0v) is 30.9. The normalized spacial score (nSPS) is 14.3. The molecule has 0 amide bonds. The number of fused-ring (bicyclic) bond motifs is 6. The number of nitrogens with zero attached hydrogens (tertiary/aromatic N) is 2. The Kier molecular flexibility index (Phi) is 7.31. The summed E-state index contributed by atoms with van der Waals surface area (Å²) in [5.74, 6) is 0. The third-order valence-corrected chi connectivity index (χ3v) is 11.7. The number of para-hydroxylation sites is 4. The van der Waals surface area contributed by atoms with Gasteiger partial charge in [-0.3, -0.25) is 0 Å². The van der Waals surface area contributed by atoms with Crippen LogP contribution in [-0.4, -0.2) is 0 Å². The molecule has 2 heteroatoms. The van der Waals surface area contributed by atoms with E-state index in [1.807, 2.05) is 0 Å². The molecule has 0 aromatic heterocycles. The number of rotatable bonds is 6. The summed E-state index contributed by atoms with van der Waals surface area (Å²) in [4.78, 5) is 4.77. The second kappa shape index (κ2) is 11.9. The Morgan fingerprint density at radius 2 is 0.808 bits per heavy atom. The highest BCUT2D eigenvalue weighted by Gasteiger charge is 2.44. The largest absolute Gasteiger partial charge is 0.310 e. The fourth-order valence-corrected chi connectivity index (χ4v) is 9.30. The summed E-state index contributed by atoms with van der Waals surface area (Å²) >= 11 is 0. The molecule has 0 heterocycles. The molecule has 0 fully saturated rings. The predicted molar refractivity (Wildman–Crippen MR) is 220 cm³/mol. The summed E-state index contributed by atoms with van der Waals surface area (Å²) < 4.78 is 0. The van der Waals surface area contributed by atoms with Crippen molar-refractivity contribution in [1.29, 1.82) is 0 Å². The average molecular weight is 673 g/mol. The first-order valence-corrected chi connectivity index (χ1v) is 18.5. The molecule has 0 radical (unpaired) electrons. The Labute approximate surface area is 308 Å². The Morgan fingerprint density at radius 1 is 0.365 bits per heavy atom. The van der Waals surface area contributed by atoms with Crippen molar-refractivity contribution in [3.63, 3.8) is 0 Å². The predicted octanol–water partition coefficient (Wildman–Crippen LogP) is 13.9. The van der Waals surface area contributed by atoms with Gasteiger partial charge in [0.25, 0.3) is 0 Å². The van der Waals surface area contributed by atoms with E-state index >= 15 is 0 Å². The SMILES string of the molecule is Cc1cc(N(c2ccccc2)c2ccccc2)cc2c1-c1cc3c(c(C)c1C2(C)C)-c1ccc(N(c2ccccc2)c2ccccc2)cc1C3(C)C. The minimum absolute atomic E-state index is 0.169. The zero-order valence-electron chi connectivity index (χ0n) is 30.9. The molecule has 0 saturated carbocycles. The van der Waals surface area contributed by atoms with E-state index in [1.54, 1.807) is 0 Å². The van der Waals surface area contributed by atoms with Gasteiger partial charge < -0.3 is 9.80 Å². The number of aryl methyl sites for hydroxylation is 1. The van der Waals surface area contributed by atoms with Gasteiger partial charge in [0.15, 0.2) is 0 Å². The summed E-state index contributed by atoms with van der Waals surface area (Å²) in [5, 5.41) is 0. The molecular formula is C50H44N2. The zero-order chi connectivity index (χ0) is 35.8. The Morgan fingerprint density at radius 3 is 1.31 bits per heavy atom. The van der Waals surface area contributed by atoms with Crippen LogP contribution >= 0.6 is 0 Å². The van der Waals surface area contributed by atoms with Gasteiger partial charge in [-0.05, 0) is 148 Å². The van der Waals surface area contributed by atoms with Crippen LogP contribution in [0.5, 0.6) is 0 Å². The summed E-state index contributed by atoms with van der Waals surface area (Å²) in [6.07, 6.45) is 0. The molecule has 2 aliphatic rings. The molecular weight excluding hydrogens is 629 g/mol. The monoisotopic (exact) mass is 672 g/mol. The molecule has 0 aliphatic heterocycles. The highest BCUT2D eigenvalue weighted by atomic mass is 15.1. The van der Waals surface area contributed by atoms with Gasteiger partial charge in [-0.1, -0.05) is 107 Å². The molecule has 254 valence electrons. The van der Waals surface area contributed by atoms with Crippen LogP contribution < -0.4 is 9.80 Å². The lowest BCUT2D eigenvalue weighted by atomic mass is 9.76. The van der Waals surface area contributed by atoms with Crippen molar-refractivity contribution >= 4 is 34.1 Å². The topological polar surface area (TPSA) is 6.48 Å². The van der Waals surface area contributed by atoms with E-state index in [2.05, 4.69) is 209 Å². The fourth-order valence-electron chi connectivity index (χ4n) is 9.30. The van der Waals surface area contributed by atoms with Gasteiger partial charge in [-0.25, -0.2) is 0 Å². The molecule has 0 atom stereocenters. The average Bonchev–Trinajstić information content (AvgIpc) is 3.53. The standard InChI is InChI=1S/C50H44N2/c1-33-29-40(52(37-23-15-9-16-24-37)38-25-17-10-18-26-38)31-44-46(33)42-32-45-47(34(2)48(42)50(44,5)6)41-28-27-39(30-43(41)49(45,3)4)51(35-19-11-7-12-20-35)36-21-13-8-14-22-36/h7-32H,1-6H3. The van der Waals surface area contributed by atoms with Gasteiger partial charge >= 0.3 is 0 Å². The van der Waals surface area contributed by atoms with Crippen molar-refractivity contribution in [2.75, 3.05) is 9.80 Å². The first-order valence-electron chi connectivity index (χ1n) is 18.5. The molecule has 0 saturated heterocycles. The molecule has 52 heavy (non-hydrogen) atoms. The van der Waals surface area contributed by atoms with E-state index in [1.165, 1.54) is 67.0 Å². The second-order valence-corrected chi connectivity index (χ2v) is 15.5. The van der Waals surface area contributed by atoms with Crippen molar-refractivity contribution in [2.24, 2.45) is 0 Å². The molecule has 7 aromatic carbocycles. The molecule has 0 unspecified atom stereocenters. The smallest absolute Gasteiger partial charge is 0.0467 e. The number of anilines is 6. The van der Waals surface area contributed by atoms with Gasteiger partial charge in [0.1, 0.15) is 0 Å². The lowest BCUT2D eigenvalue weighted by Gasteiger charge is -2.29. The van der Waals surface area contributed by atoms with Gasteiger partial charge in [0.2, 0.25) is 0 Å².